The van der Waals surface area contributed by atoms with Crippen LogP contribution in [0.15, 0.2) is 133 Å². The molecule has 0 aliphatic heterocycles. The molecular formula is C35H27N3. The summed E-state index contributed by atoms with van der Waals surface area (Å²) in [4.78, 5) is 10.3. The number of benzene rings is 4. The highest BCUT2D eigenvalue weighted by atomic mass is 15.2. The van der Waals surface area contributed by atoms with E-state index in [-0.39, 0.29) is 0 Å². The van der Waals surface area contributed by atoms with Gasteiger partial charge in [0.2, 0.25) is 5.95 Å². The van der Waals surface area contributed by atoms with Crippen molar-refractivity contribution in [2.24, 2.45) is 5.92 Å². The monoisotopic (exact) mass is 489 g/mol. The first-order chi connectivity index (χ1) is 18.8. The number of nitrogens with zero attached hydrogens (tertiary/aromatic N) is 3. The molecule has 1 aliphatic carbocycles. The fourth-order valence-corrected chi connectivity index (χ4v) is 5.59. The van der Waals surface area contributed by atoms with E-state index in [0.717, 1.165) is 33.5 Å². The second kappa shape index (κ2) is 9.28. The van der Waals surface area contributed by atoms with Crippen molar-refractivity contribution in [3.8, 4) is 28.5 Å². The number of allylic oxidation sites excluding steroid dienone is 4. The molecule has 2 unspecified atom stereocenters. The van der Waals surface area contributed by atoms with Gasteiger partial charge in [-0.2, -0.15) is 0 Å². The van der Waals surface area contributed by atoms with Crippen molar-refractivity contribution < 1.29 is 0 Å². The van der Waals surface area contributed by atoms with Crippen LogP contribution < -0.4 is 0 Å². The Morgan fingerprint density at radius 1 is 0.579 bits per heavy atom. The molecule has 0 amide bonds. The largest absolute Gasteiger partial charge is 0.278 e. The van der Waals surface area contributed by atoms with Gasteiger partial charge in [0.1, 0.15) is 0 Å². The van der Waals surface area contributed by atoms with E-state index >= 15 is 0 Å². The van der Waals surface area contributed by atoms with E-state index in [1.165, 1.54) is 16.3 Å². The zero-order valence-corrected chi connectivity index (χ0v) is 21.2. The highest BCUT2D eigenvalue weighted by molar-refractivity contribution is 6.09. The van der Waals surface area contributed by atoms with E-state index in [1.807, 2.05) is 12.1 Å². The lowest BCUT2D eigenvalue weighted by molar-refractivity contribution is 0.636. The predicted octanol–water partition coefficient (Wildman–Crippen LogP) is 8.75. The van der Waals surface area contributed by atoms with Crippen LogP contribution in [0, 0.1) is 5.92 Å². The Morgan fingerprint density at radius 2 is 1.18 bits per heavy atom. The van der Waals surface area contributed by atoms with E-state index in [0.29, 0.717) is 17.8 Å². The van der Waals surface area contributed by atoms with E-state index < -0.39 is 0 Å². The summed E-state index contributed by atoms with van der Waals surface area (Å²) in [5.74, 6) is 1.46. The summed E-state index contributed by atoms with van der Waals surface area (Å²) in [6, 6.07) is 38.2. The predicted molar refractivity (Wildman–Crippen MR) is 157 cm³/mol. The minimum Gasteiger partial charge on any atom is -0.278 e. The Hall–Kier alpha value is -4.76. The van der Waals surface area contributed by atoms with Crippen LogP contribution in [-0.2, 0) is 0 Å². The maximum atomic E-state index is 5.16. The average Bonchev–Trinajstić information content (AvgIpc) is 3.32. The first kappa shape index (κ1) is 22.4. The molecule has 0 radical (unpaired) electrons. The van der Waals surface area contributed by atoms with Gasteiger partial charge in [0.25, 0.3) is 0 Å². The topological polar surface area (TPSA) is 30.7 Å². The number of rotatable bonds is 4. The molecule has 3 nitrogen and oxygen atoms in total. The fraction of sp³-hybridized carbons (Fsp3) is 0.0857. The van der Waals surface area contributed by atoms with E-state index in [4.69, 9.17) is 9.97 Å². The molecule has 7 rings (SSSR count). The first-order valence-electron chi connectivity index (χ1n) is 13.1. The molecule has 2 aromatic heterocycles. The molecular weight excluding hydrogens is 462 g/mol. The van der Waals surface area contributed by atoms with Gasteiger partial charge in [-0.3, -0.25) is 4.57 Å². The first-order valence-corrected chi connectivity index (χ1v) is 13.1. The maximum absolute atomic E-state index is 5.16. The van der Waals surface area contributed by atoms with Crippen LogP contribution >= 0.6 is 0 Å². The van der Waals surface area contributed by atoms with Gasteiger partial charge in [0, 0.05) is 27.8 Å². The van der Waals surface area contributed by atoms with Gasteiger partial charge < -0.3 is 0 Å². The number of hydrogen-bond donors (Lipinski definition) is 0. The summed E-state index contributed by atoms with van der Waals surface area (Å²) >= 11 is 0. The summed E-state index contributed by atoms with van der Waals surface area (Å²) in [6.45, 7) is 2.28. The highest BCUT2D eigenvalue weighted by Crippen LogP contribution is 2.37. The lowest BCUT2D eigenvalue weighted by Gasteiger charge is -2.21. The van der Waals surface area contributed by atoms with Crippen LogP contribution in [-0.4, -0.2) is 14.5 Å². The van der Waals surface area contributed by atoms with Gasteiger partial charge in [0.15, 0.2) is 0 Å². The Bertz CT molecular complexity index is 1770. The summed E-state index contributed by atoms with van der Waals surface area (Å²) in [6.07, 6.45) is 8.88. The molecule has 1 aliphatic rings. The summed E-state index contributed by atoms with van der Waals surface area (Å²) in [7, 11) is 0. The second-order valence-corrected chi connectivity index (χ2v) is 9.95. The number of aromatic nitrogens is 3. The standard InChI is InChI=1S/C35H27N3/c1-24-12-8-9-17-28(24)27-20-21-30-29-18-10-11-19-33(29)38(34(30)22-27)35-36-31(25-13-4-2-5-14-25)23-32(37-35)26-15-6-3-7-16-26/h2-24,28H,1H3. The molecule has 6 aromatic rings. The zero-order valence-electron chi connectivity index (χ0n) is 21.2. The minimum atomic E-state index is 0.340. The molecule has 182 valence electrons. The molecule has 0 saturated heterocycles. The van der Waals surface area contributed by atoms with Crippen LogP contribution in [0.4, 0.5) is 0 Å². The molecule has 3 heteroatoms. The van der Waals surface area contributed by atoms with Crippen LogP contribution in [0.25, 0.3) is 50.3 Å². The van der Waals surface area contributed by atoms with Crippen molar-refractivity contribution >= 4 is 21.8 Å². The number of para-hydroxylation sites is 1. The third kappa shape index (κ3) is 3.84. The van der Waals surface area contributed by atoms with Crippen LogP contribution in [0.5, 0.6) is 0 Å². The Morgan fingerprint density at radius 3 is 1.87 bits per heavy atom. The third-order valence-corrected chi connectivity index (χ3v) is 7.55. The Balaban J connectivity index is 1.51. The Kier molecular flexibility index (Phi) is 5.48. The smallest absolute Gasteiger partial charge is 0.235 e. The van der Waals surface area contributed by atoms with Gasteiger partial charge in [-0.1, -0.05) is 122 Å². The van der Waals surface area contributed by atoms with Gasteiger partial charge in [-0.05, 0) is 29.7 Å². The van der Waals surface area contributed by atoms with Gasteiger partial charge in [-0.15, -0.1) is 0 Å². The van der Waals surface area contributed by atoms with Crippen molar-refractivity contribution in [1.82, 2.24) is 14.5 Å². The summed E-state index contributed by atoms with van der Waals surface area (Å²) < 4.78 is 2.24. The molecule has 0 N–H and O–H groups in total. The molecule has 0 saturated carbocycles. The van der Waals surface area contributed by atoms with E-state index in [2.05, 4.69) is 133 Å². The molecule has 2 heterocycles. The van der Waals surface area contributed by atoms with E-state index in [9.17, 15) is 0 Å². The van der Waals surface area contributed by atoms with Gasteiger partial charge in [0.05, 0.1) is 22.4 Å². The molecule has 4 aromatic carbocycles. The molecule has 0 bridgehead atoms. The molecule has 2 atom stereocenters. The number of fused-ring (bicyclic) bond motifs is 3. The van der Waals surface area contributed by atoms with Crippen molar-refractivity contribution in [2.75, 3.05) is 0 Å². The quantitative estimate of drug-likeness (QED) is 0.248. The third-order valence-electron chi connectivity index (χ3n) is 7.55. The van der Waals surface area contributed by atoms with Crippen molar-refractivity contribution in [2.45, 2.75) is 12.8 Å². The lowest BCUT2D eigenvalue weighted by atomic mass is 9.84. The van der Waals surface area contributed by atoms with Gasteiger partial charge in [-0.25, -0.2) is 9.97 Å². The average molecular weight is 490 g/mol. The fourth-order valence-electron chi connectivity index (χ4n) is 5.59. The molecule has 0 spiro atoms. The van der Waals surface area contributed by atoms with Crippen molar-refractivity contribution in [3.63, 3.8) is 0 Å². The number of hydrogen-bond acceptors (Lipinski definition) is 2. The summed E-state index contributed by atoms with van der Waals surface area (Å²) in [5.41, 5.74) is 7.50. The van der Waals surface area contributed by atoms with Gasteiger partial charge >= 0.3 is 0 Å². The summed E-state index contributed by atoms with van der Waals surface area (Å²) in [5, 5.41) is 2.42. The maximum Gasteiger partial charge on any atom is 0.235 e. The minimum absolute atomic E-state index is 0.340. The second-order valence-electron chi connectivity index (χ2n) is 9.95. The van der Waals surface area contributed by atoms with Crippen LogP contribution in [0.1, 0.15) is 18.4 Å². The lowest BCUT2D eigenvalue weighted by Crippen LogP contribution is -2.08. The van der Waals surface area contributed by atoms with Crippen LogP contribution in [0.2, 0.25) is 0 Å². The van der Waals surface area contributed by atoms with Crippen molar-refractivity contribution in [1.29, 1.82) is 0 Å². The molecule has 0 fully saturated rings. The van der Waals surface area contributed by atoms with E-state index in [1.54, 1.807) is 0 Å². The SMILES string of the molecule is CC1C=CC=CC1c1ccc2c3ccccc3n(-c3nc(-c4ccccc4)cc(-c4ccccc4)n3)c2c1. The zero-order chi connectivity index (χ0) is 25.5. The molecule has 38 heavy (non-hydrogen) atoms. The van der Waals surface area contributed by atoms with Crippen molar-refractivity contribution in [3.05, 3.63) is 139 Å². The normalized spacial score (nSPS) is 16.9. The Labute approximate surface area is 222 Å². The van der Waals surface area contributed by atoms with Crippen LogP contribution in [0.3, 0.4) is 0 Å². The highest BCUT2D eigenvalue weighted by Gasteiger charge is 2.21.